The fourth-order valence-corrected chi connectivity index (χ4v) is 3.52. The molecule has 208 valence electrons. The number of unbranched alkanes of at least 4 members (excludes halogenated alkanes) is 1. The number of methoxy groups -OCH3 is 2. The number of alkyl carbamates (subject to hydrolysis) is 1. The average Bonchev–Trinajstić information content (AvgIpc) is 3.35. The molecule has 1 aromatic rings. The molecule has 1 heterocycles. The lowest BCUT2D eigenvalue weighted by Crippen LogP contribution is -2.35. The first-order valence-corrected chi connectivity index (χ1v) is 13.0. The van der Waals surface area contributed by atoms with Crippen LogP contribution in [0.1, 0.15) is 68.4 Å². The summed E-state index contributed by atoms with van der Waals surface area (Å²) < 4.78 is 14.1. The number of aromatic nitrogens is 1. The van der Waals surface area contributed by atoms with E-state index in [-0.39, 0.29) is 29.2 Å². The quantitative estimate of drug-likeness (QED) is 0.174. The molecule has 0 bridgehead atoms. The average molecular weight is 541 g/mol. The van der Waals surface area contributed by atoms with Gasteiger partial charge in [0.05, 0.1) is 24.4 Å². The molecule has 0 aromatic carbocycles. The van der Waals surface area contributed by atoms with Gasteiger partial charge in [-0.3, -0.25) is 9.59 Å². The molecule has 3 amide bonds. The summed E-state index contributed by atoms with van der Waals surface area (Å²) in [7, 11) is 2.74. The number of ether oxygens (including phenoxy) is 3. The van der Waals surface area contributed by atoms with Gasteiger partial charge in [-0.1, -0.05) is 46.8 Å². The summed E-state index contributed by atoms with van der Waals surface area (Å²) in [6.07, 6.45) is 5.63. The third-order valence-electron chi connectivity index (χ3n) is 4.72. The number of nitrogens with zero attached hydrogens (tertiary/aromatic N) is 1. The monoisotopic (exact) mass is 540 g/mol. The lowest BCUT2D eigenvalue weighted by molar-refractivity contribution is -0.137. The van der Waals surface area contributed by atoms with Crippen molar-refractivity contribution in [2.24, 2.45) is 0 Å². The number of hydrogen-bond donors (Lipinski definition) is 3. The van der Waals surface area contributed by atoms with Crippen LogP contribution in [-0.4, -0.2) is 62.3 Å². The van der Waals surface area contributed by atoms with Crippen LogP contribution in [0.5, 0.6) is 0 Å². The van der Waals surface area contributed by atoms with E-state index in [4.69, 9.17) is 9.47 Å². The van der Waals surface area contributed by atoms with Crippen molar-refractivity contribution < 1.29 is 33.4 Å². The molecule has 37 heavy (non-hydrogen) atoms. The predicted octanol–water partition coefficient (Wildman–Crippen LogP) is 3.47. The molecule has 0 aliphatic heterocycles. The van der Waals surface area contributed by atoms with Crippen molar-refractivity contribution >= 4 is 35.2 Å². The Bertz CT molecular complexity index is 901. The van der Waals surface area contributed by atoms with E-state index in [2.05, 4.69) is 52.7 Å². The van der Waals surface area contributed by atoms with E-state index < -0.39 is 17.8 Å². The normalized spacial score (nSPS) is 10.7. The van der Waals surface area contributed by atoms with Crippen LogP contribution >= 0.6 is 11.3 Å². The number of amides is 3. The molecule has 11 nitrogen and oxygen atoms in total. The van der Waals surface area contributed by atoms with Crippen molar-refractivity contribution in [3.8, 4) is 0 Å². The Hall–Kier alpha value is -3.25. The largest absolute Gasteiger partial charge is 0.464 e. The maximum atomic E-state index is 11.9. The number of esters is 1. The highest BCUT2D eigenvalue weighted by atomic mass is 32.1. The Kier molecular flexibility index (Phi) is 18.1. The first kappa shape index (κ1) is 33.8. The fraction of sp³-hybridized carbons (Fsp3) is 0.560. The predicted molar refractivity (Wildman–Crippen MR) is 142 cm³/mol. The zero-order chi connectivity index (χ0) is 28.2. The van der Waals surface area contributed by atoms with Gasteiger partial charge in [-0.2, -0.15) is 0 Å². The van der Waals surface area contributed by atoms with Crippen LogP contribution in [-0.2, 0) is 30.2 Å². The highest BCUT2D eigenvalue weighted by Crippen LogP contribution is 2.12. The molecule has 1 atom stereocenters. The SMILES string of the molecule is C=C(NC(=O)c1csc(CCC)n1)C(=O)NC(=C)C(=O)OC.CCCCC(CC)NC(=O)OCCOC. The van der Waals surface area contributed by atoms with Crippen LogP contribution in [0, 0.1) is 0 Å². The number of rotatable bonds is 15. The maximum absolute atomic E-state index is 11.9. The number of hydrogen-bond acceptors (Lipinski definition) is 9. The molecule has 3 N–H and O–H groups in total. The molecular weight excluding hydrogens is 500 g/mol. The molecule has 12 heteroatoms. The van der Waals surface area contributed by atoms with Crippen molar-refractivity contribution in [1.82, 2.24) is 20.9 Å². The van der Waals surface area contributed by atoms with Crippen molar-refractivity contribution in [2.45, 2.75) is 65.3 Å². The zero-order valence-corrected chi connectivity index (χ0v) is 23.3. The fourth-order valence-electron chi connectivity index (χ4n) is 2.64. The summed E-state index contributed by atoms with van der Waals surface area (Å²) in [4.78, 5) is 50.2. The summed E-state index contributed by atoms with van der Waals surface area (Å²) in [5, 5.41) is 9.79. The molecule has 0 saturated carbocycles. The molecule has 0 radical (unpaired) electrons. The van der Waals surface area contributed by atoms with Gasteiger partial charge in [0.25, 0.3) is 11.8 Å². The minimum Gasteiger partial charge on any atom is -0.464 e. The third-order valence-corrected chi connectivity index (χ3v) is 5.63. The molecular formula is C25H40N4O7S. The van der Waals surface area contributed by atoms with Crippen molar-refractivity contribution in [3.05, 3.63) is 40.6 Å². The summed E-state index contributed by atoms with van der Waals surface area (Å²) >= 11 is 1.38. The van der Waals surface area contributed by atoms with Crippen LogP contribution in [0.25, 0.3) is 0 Å². The Morgan fingerprint density at radius 1 is 1.03 bits per heavy atom. The number of aryl methyl sites for hydroxylation is 1. The highest BCUT2D eigenvalue weighted by molar-refractivity contribution is 7.09. The van der Waals surface area contributed by atoms with Gasteiger partial charge in [-0.25, -0.2) is 14.6 Å². The lowest BCUT2D eigenvalue weighted by atomic mass is 10.1. The Morgan fingerprint density at radius 3 is 2.30 bits per heavy atom. The van der Waals surface area contributed by atoms with Crippen LogP contribution in [0.2, 0.25) is 0 Å². The summed E-state index contributed by atoms with van der Waals surface area (Å²) in [6, 6.07) is 0.236. The second-order valence-electron chi connectivity index (χ2n) is 7.75. The van der Waals surface area contributed by atoms with Gasteiger partial charge >= 0.3 is 12.1 Å². The van der Waals surface area contributed by atoms with Crippen molar-refractivity contribution in [2.75, 3.05) is 27.4 Å². The molecule has 0 aliphatic rings. The summed E-state index contributed by atoms with van der Waals surface area (Å²) in [6.45, 7) is 13.8. The van der Waals surface area contributed by atoms with Crippen LogP contribution < -0.4 is 16.0 Å². The third kappa shape index (κ3) is 14.8. The van der Waals surface area contributed by atoms with Gasteiger partial charge in [-0.15, -0.1) is 11.3 Å². The first-order chi connectivity index (χ1) is 17.6. The van der Waals surface area contributed by atoms with Gasteiger partial charge in [0.15, 0.2) is 0 Å². The van der Waals surface area contributed by atoms with Crippen molar-refractivity contribution in [3.63, 3.8) is 0 Å². The standard InChI is InChI=1S/C14H17N3O4S.C11H23NO3/c1-5-6-11-17-10(7-22-11)13(19)15-8(2)12(18)16-9(3)14(20)21-4;1-4-6-7-10(5-2)12-11(13)15-9-8-14-3/h7H,2-3,5-6H2,1,4H3,(H,15,19)(H,16,18);10H,4-9H2,1-3H3,(H,12,13). The van der Waals surface area contributed by atoms with Gasteiger partial charge < -0.3 is 30.2 Å². The smallest absolute Gasteiger partial charge is 0.407 e. The van der Waals surface area contributed by atoms with E-state index in [1.54, 1.807) is 12.5 Å². The van der Waals surface area contributed by atoms with Crippen LogP contribution in [0.3, 0.4) is 0 Å². The molecule has 0 fully saturated rings. The minimum absolute atomic E-state index is 0.217. The Balaban J connectivity index is 0.000000757. The zero-order valence-electron chi connectivity index (χ0n) is 22.4. The minimum atomic E-state index is -0.781. The number of carbonyl (C=O) groups is 4. The maximum Gasteiger partial charge on any atom is 0.407 e. The second-order valence-corrected chi connectivity index (χ2v) is 8.70. The van der Waals surface area contributed by atoms with Gasteiger partial charge in [0, 0.05) is 18.5 Å². The van der Waals surface area contributed by atoms with E-state index in [1.165, 1.54) is 11.3 Å². The Labute approximate surface area is 223 Å². The second kappa shape index (κ2) is 19.9. The number of nitrogens with one attached hydrogen (secondary N) is 3. The van der Waals surface area contributed by atoms with E-state index >= 15 is 0 Å². The number of carbonyl (C=O) groups excluding carboxylic acids is 4. The van der Waals surface area contributed by atoms with Crippen LogP contribution in [0.4, 0.5) is 4.79 Å². The summed E-state index contributed by atoms with van der Waals surface area (Å²) in [5.41, 5.74) is -0.254. The Morgan fingerprint density at radius 2 is 1.73 bits per heavy atom. The lowest BCUT2D eigenvalue weighted by Gasteiger charge is -2.16. The molecule has 1 aromatic heterocycles. The number of thiazole rings is 1. The van der Waals surface area contributed by atoms with Crippen LogP contribution in [0.15, 0.2) is 29.9 Å². The van der Waals surface area contributed by atoms with E-state index in [9.17, 15) is 19.2 Å². The van der Waals surface area contributed by atoms with E-state index in [0.717, 1.165) is 50.6 Å². The van der Waals surface area contributed by atoms with Gasteiger partial charge in [-0.05, 0) is 25.7 Å². The highest BCUT2D eigenvalue weighted by Gasteiger charge is 2.17. The molecule has 0 spiro atoms. The molecule has 0 aliphatic carbocycles. The van der Waals surface area contributed by atoms with E-state index in [0.29, 0.717) is 13.2 Å². The molecule has 0 saturated heterocycles. The first-order valence-electron chi connectivity index (χ1n) is 12.1. The van der Waals surface area contributed by atoms with Crippen molar-refractivity contribution in [1.29, 1.82) is 0 Å². The van der Waals surface area contributed by atoms with E-state index in [1.807, 2.05) is 6.92 Å². The van der Waals surface area contributed by atoms with Gasteiger partial charge in [0.1, 0.15) is 18.0 Å². The molecule has 1 unspecified atom stereocenters. The summed E-state index contributed by atoms with van der Waals surface area (Å²) in [5.74, 6) is -2.08. The van der Waals surface area contributed by atoms with Gasteiger partial charge in [0.2, 0.25) is 0 Å². The topological polar surface area (TPSA) is 145 Å². The molecule has 1 rings (SSSR count).